The molecule has 2 aromatic heterocycles. The first-order chi connectivity index (χ1) is 35.0. The Hall–Kier alpha value is -4.48. The van der Waals surface area contributed by atoms with Crippen molar-refractivity contribution in [3.05, 3.63) is 167 Å². The highest BCUT2D eigenvalue weighted by atomic mass is 16.5. The molecule has 2 heterocycles. The van der Waals surface area contributed by atoms with Crippen LogP contribution in [0.5, 0.6) is 0 Å². The van der Waals surface area contributed by atoms with Gasteiger partial charge in [0.2, 0.25) is 0 Å². The summed E-state index contributed by atoms with van der Waals surface area (Å²) in [4.78, 5) is 20.6. The van der Waals surface area contributed by atoms with Gasteiger partial charge in [0.15, 0.2) is 0 Å². The fourth-order valence-electron chi connectivity index (χ4n) is 10.9. The number of benzene rings is 2. The van der Waals surface area contributed by atoms with Crippen LogP contribution in [0.3, 0.4) is 0 Å². The Labute approximate surface area is 433 Å². The van der Waals surface area contributed by atoms with Crippen molar-refractivity contribution in [2.75, 3.05) is 0 Å². The lowest BCUT2D eigenvalue weighted by atomic mass is 9.74. The van der Waals surface area contributed by atoms with Crippen molar-refractivity contribution >= 4 is 0 Å². The van der Waals surface area contributed by atoms with Gasteiger partial charge < -0.3 is 4.74 Å². The minimum absolute atomic E-state index is 0.240. The zero-order valence-corrected chi connectivity index (χ0v) is 45.1. The van der Waals surface area contributed by atoms with Gasteiger partial charge >= 0.3 is 0 Å². The van der Waals surface area contributed by atoms with Crippen LogP contribution in [-0.2, 0) is 28.4 Å². The van der Waals surface area contributed by atoms with E-state index in [-0.39, 0.29) is 23.0 Å². The molecule has 384 valence electrons. The first-order valence-corrected chi connectivity index (χ1v) is 29.2. The van der Waals surface area contributed by atoms with Crippen LogP contribution < -0.4 is 0 Å². The number of allylic oxidation sites excluding steroid dienone is 4. The molecule has 2 aliphatic carbocycles. The van der Waals surface area contributed by atoms with Gasteiger partial charge in [0.05, 0.1) is 10.8 Å². The number of nitrogens with zero attached hydrogens (tertiary/aromatic N) is 4. The largest absolute Gasteiger partial charge is 0.356 e. The smallest absolute Gasteiger partial charge is 0.138 e. The van der Waals surface area contributed by atoms with Crippen molar-refractivity contribution in [2.24, 2.45) is 0 Å². The SMILES string of the molecule is CCCCCCCCCc1cnc(C2(CCCCCCC)C=CC(C(OC(C3=CCC(CCCCCCC)(c4ncc(CCCCCCCCC)cn4)C=C3)c3ccccc3)c3ccccc3)=CC2)nc1. The predicted molar refractivity (Wildman–Crippen MR) is 301 cm³/mol. The molecule has 6 rings (SSSR count). The van der Waals surface area contributed by atoms with Crippen molar-refractivity contribution in [2.45, 2.75) is 243 Å². The highest BCUT2D eigenvalue weighted by Gasteiger charge is 2.37. The Kier molecular flexibility index (Phi) is 25.1. The molecule has 0 fully saturated rings. The lowest BCUT2D eigenvalue weighted by Gasteiger charge is -2.35. The molecule has 71 heavy (non-hydrogen) atoms. The topological polar surface area (TPSA) is 60.8 Å². The molecule has 0 saturated carbocycles. The number of hydrogen-bond acceptors (Lipinski definition) is 5. The van der Waals surface area contributed by atoms with Crippen LogP contribution >= 0.6 is 0 Å². The van der Waals surface area contributed by atoms with Crippen LogP contribution in [0.25, 0.3) is 0 Å². The number of unbranched alkanes of at least 4 members (excludes halogenated alkanes) is 20. The third-order valence-electron chi connectivity index (χ3n) is 15.6. The third-order valence-corrected chi connectivity index (χ3v) is 15.6. The normalized spacial score (nSPS) is 18.6. The highest BCUT2D eigenvalue weighted by Crippen LogP contribution is 2.45. The molecule has 5 nitrogen and oxygen atoms in total. The lowest BCUT2D eigenvalue weighted by molar-refractivity contribution is 0.0290. The first-order valence-electron chi connectivity index (χ1n) is 29.2. The maximum absolute atomic E-state index is 7.58. The first kappa shape index (κ1) is 55.8. The average Bonchev–Trinajstić information content (AvgIpc) is 3.42. The molecule has 5 heteroatoms. The minimum atomic E-state index is -0.266. The van der Waals surface area contributed by atoms with Gasteiger partial charge in [-0.15, -0.1) is 0 Å². The van der Waals surface area contributed by atoms with Crippen molar-refractivity contribution in [1.82, 2.24) is 19.9 Å². The maximum Gasteiger partial charge on any atom is 0.138 e. The molecule has 0 amide bonds. The second kappa shape index (κ2) is 31.9. The van der Waals surface area contributed by atoms with E-state index in [0.29, 0.717) is 0 Å². The predicted octanol–water partition coefficient (Wildman–Crippen LogP) is 19.0. The van der Waals surface area contributed by atoms with Crippen molar-refractivity contribution in [3.8, 4) is 0 Å². The Morgan fingerprint density at radius 1 is 0.408 bits per heavy atom. The summed E-state index contributed by atoms with van der Waals surface area (Å²) >= 11 is 0. The van der Waals surface area contributed by atoms with Gasteiger partial charge in [-0.1, -0.05) is 266 Å². The lowest BCUT2D eigenvalue weighted by Crippen LogP contribution is -2.29. The molecule has 0 N–H and O–H groups in total. The highest BCUT2D eigenvalue weighted by molar-refractivity contribution is 5.43. The monoisotopic (exact) mass is 959 g/mol. The summed E-state index contributed by atoms with van der Waals surface area (Å²) in [5.74, 6) is 1.92. The van der Waals surface area contributed by atoms with E-state index < -0.39 is 0 Å². The fourth-order valence-corrected chi connectivity index (χ4v) is 10.9. The Bertz CT molecular complexity index is 2000. The third kappa shape index (κ3) is 17.9. The summed E-state index contributed by atoms with van der Waals surface area (Å²) in [5, 5.41) is 0. The summed E-state index contributed by atoms with van der Waals surface area (Å²) < 4.78 is 7.58. The number of rotatable bonds is 36. The van der Waals surface area contributed by atoms with Crippen molar-refractivity contribution in [1.29, 1.82) is 0 Å². The summed E-state index contributed by atoms with van der Waals surface area (Å²) in [6.45, 7) is 9.17. The average molecular weight is 960 g/mol. The van der Waals surface area contributed by atoms with E-state index in [1.165, 1.54) is 176 Å². The van der Waals surface area contributed by atoms with Gasteiger partial charge in [-0.25, -0.2) is 19.9 Å². The van der Waals surface area contributed by atoms with E-state index >= 15 is 0 Å². The number of aryl methyl sites for hydroxylation is 2. The summed E-state index contributed by atoms with van der Waals surface area (Å²) in [6, 6.07) is 21.7. The molecular formula is C66H94N4O. The van der Waals surface area contributed by atoms with Crippen LogP contribution in [-0.4, -0.2) is 19.9 Å². The summed E-state index contributed by atoms with van der Waals surface area (Å²) in [5.41, 5.74) is 6.75. The molecule has 4 aromatic rings. The summed E-state index contributed by atoms with van der Waals surface area (Å²) in [7, 11) is 0. The Balaban J connectivity index is 1.22. The van der Waals surface area contributed by atoms with Gasteiger partial charge in [-0.2, -0.15) is 0 Å². The molecule has 0 aliphatic heterocycles. The molecule has 0 saturated heterocycles. The van der Waals surface area contributed by atoms with E-state index in [4.69, 9.17) is 24.7 Å². The van der Waals surface area contributed by atoms with Gasteiger partial charge in [0.25, 0.3) is 0 Å². The zero-order valence-electron chi connectivity index (χ0n) is 45.1. The maximum atomic E-state index is 7.58. The van der Waals surface area contributed by atoms with Crippen molar-refractivity contribution in [3.63, 3.8) is 0 Å². The summed E-state index contributed by atoms with van der Waals surface area (Å²) in [6.07, 6.45) is 59.2. The van der Waals surface area contributed by atoms with Crippen LogP contribution in [0.15, 0.2) is 133 Å². The molecule has 0 radical (unpaired) electrons. The van der Waals surface area contributed by atoms with E-state index in [2.05, 4.69) is 150 Å². The molecule has 2 aliphatic rings. The fraction of sp³-hybridized carbons (Fsp3) is 0.576. The molecule has 2 aromatic carbocycles. The number of aromatic nitrogens is 4. The van der Waals surface area contributed by atoms with Gasteiger partial charge in [0.1, 0.15) is 23.9 Å². The van der Waals surface area contributed by atoms with Gasteiger partial charge in [-0.05, 0) is 84.8 Å². The molecule has 0 bridgehead atoms. The molecule has 4 unspecified atom stereocenters. The Morgan fingerprint density at radius 2 is 0.732 bits per heavy atom. The standard InChI is InChI=1S/C66H94N4O/c1-5-9-13-17-19-21-27-35-55-51-67-63(68-52-55)65(45-33-23-15-11-7-3)47-41-59(42-48-65)61(57-37-29-25-30-38-57)71-62(58-39-31-26-32-40-58)60-43-49-66(50-44-60,46-34-24-16-12-8-4)64-69-53-56(54-70-64)36-28-22-20-18-14-10-6-2/h25-26,29-32,37-44,47,49,51-54,61-62H,5-24,27-28,33-36,45-46,48,50H2,1-4H3. The van der Waals surface area contributed by atoms with Crippen LogP contribution in [0.2, 0.25) is 0 Å². The van der Waals surface area contributed by atoms with Crippen LogP contribution in [0.1, 0.15) is 254 Å². The number of hydrogen-bond donors (Lipinski definition) is 0. The van der Waals surface area contributed by atoms with Crippen LogP contribution in [0.4, 0.5) is 0 Å². The number of ether oxygens (including phenoxy) is 1. The van der Waals surface area contributed by atoms with E-state index in [9.17, 15) is 0 Å². The zero-order chi connectivity index (χ0) is 49.7. The van der Waals surface area contributed by atoms with Crippen LogP contribution in [0, 0.1) is 0 Å². The van der Waals surface area contributed by atoms with E-state index in [1.807, 2.05) is 0 Å². The minimum Gasteiger partial charge on any atom is -0.356 e. The van der Waals surface area contributed by atoms with E-state index in [0.717, 1.165) is 61.3 Å². The Morgan fingerprint density at radius 3 is 1.06 bits per heavy atom. The van der Waals surface area contributed by atoms with E-state index in [1.54, 1.807) is 0 Å². The van der Waals surface area contributed by atoms with Crippen molar-refractivity contribution < 1.29 is 4.74 Å². The van der Waals surface area contributed by atoms with Gasteiger partial charge in [0, 0.05) is 24.8 Å². The van der Waals surface area contributed by atoms with Gasteiger partial charge in [-0.3, -0.25) is 0 Å². The second-order valence-electron chi connectivity index (χ2n) is 21.4. The molecular weight excluding hydrogens is 865 g/mol. The molecule has 0 spiro atoms. The molecule has 4 atom stereocenters. The second-order valence-corrected chi connectivity index (χ2v) is 21.4. The quantitative estimate of drug-likeness (QED) is 0.0425.